The third-order valence-corrected chi connectivity index (χ3v) is 7.80. The molecule has 212 valence electrons. The maximum atomic E-state index is 14.3. The molecule has 0 spiro atoms. The minimum absolute atomic E-state index is 0.0636. The van der Waals surface area contributed by atoms with Gasteiger partial charge in [-0.1, -0.05) is 49.6 Å². The molecular formula is C34H37N3O4. The fraction of sp³-hybridized carbons (Fsp3) is 0.324. The highest BCUT2D eigenvalue weighted by atomic mass is 16.5. The van der Waals surface area contributed by atoms with Crippen LogP contribution in [0.4, 0.5) is 5.69 Å². The average molecular weight is 552 g/mol. The molecule has 5 rings (SSSR count). The molecule has 0 saturated heterocycles. The number of H-pyrrole nitrogens is 1. The zero-order valence-electron chi connectivity index (χ0n) is 23.7. The van der Waals surface area contributed by atoms with Crippen LogP contribution >= 0.6 is 0 Å². The van der Waals surface area contributed by atoms with Crippen molar-refractivity contribution in [1.29, 1.82) is 0 Å². The minimum atomic E-state index is -0.909. The van der Waals surface area contributed by atoms with Gasteiger partial charge in [-0.2, -0.15) is 0 Å². The lowest BCUT2D eigenvalue weighted by molar-refractivity contribution is -0.127. The van der Waals surface area contributed by atoms with E-state index in [1.54, 1.807) is 29.2 Å². The minimum Gasteiger partial charge on any atom is -0.494 e. The van der Waals surface area contributed by atoms with Gasteiger partial charge in [-0.3, -0.25) is 19.3 Å². The van der Waals surface area contributed by atoms with Crippen LogP contribution in [0.3, 0.4) is 0 Å². The number of rotatable bonds is 10. The van der Waals surface area contributed by atoms with Crippen LogP contribution in [-0.2, 0) is 16.0 Å². The van der Waals surface area contributed by atoms with E-state index in [-0.39, 0.29) is 30.1 Å². The molecule has 0 aliphatic heterocycles. The number of carbonyl (C=O) groups excluding carboxylic acids is 3. The van der Waals surface area contributed by atoms with E-state index < -0.39 is 6.04 Å². The fourth-order valence-electron chi connectivity index (χ4n) is 5.68. The molecule has 1 saturated carbocycles. The van der Waals surface area contributed by atoms with Gasteiger partial charge in [0, 0.05) is 34.4 Å². The van der Waals surface area contributed by atoms with E-state index >= 15 is 0 Å². The lowest BCUT2D eigenvalue weighted by Crippen LogP contribution is -2.47. The van der Waals surface area contributed by atoms with Crippen molar-refractivity contribution in [1.82, 2.24) is 10.3 Å². The summed E-state index contributed by atoms with van der Waals surface area (Å²) in [7, 11) is 0. The number of para-hydroxylation sites is 1. The first-order valence-corrected chi connectivity index (χ1v) is 14.5. The Kier molecular flexibility index (Phi) is 8.82. The van der Waals surface area contributed by atoms with E-state index in [0.29, 0.717) is 29.2 Å². The van der Waals surface area contributed by atoms with Crippen LogP contribution in [0, 0.1) is 0 Å². The zero-order chi connectivity index (χ0) is 28.8. The lowest BCUT2D eigenvalue weighted by Gasteiger charge is -2.33. The largest absolute Gasteiger partial charge is 0.494 e. The summed E-state index contributed by atoms with van der Waals surface area (Å²) < 4.78 is 5.65. The van der Waals surface area contributed by atoms with Crippen LogP contribution in [0.2, 0.25) is 0 Å². The smallest absolute Gasteiger partial charge is 0.248 e. The number of Topliss-reactive ketones (excluding diaryl/α,β-unsaturated/α-hetero) is 1. The lowest BCUT2D eigenvalue weighted by atomic mass is 9.94. The van der Waals surface area contributed by atoms with Crippen molar-refractivity contribution in [2.75, 3.05) is 11.5 Å². The first kappa shape index (κ1) is 28.1. The third kappa shape index (κ3) is 6.51. The van der Waals surface area contributed by atoms with Crippen molar-refractivity contribution in [3.8, 4) is 5.75 Å². The van der Waals surface area contributed by atoms with Crippen LogP contribution in [0.15, 0.2) is 79.0 Å². The van der Waals surface area contributed by atoms with Crippen molar-refractivity contribution < 1.29 is 19.1 Å². The number of aromatic amines is 1. The number of hydrogen-bond acceptors (Lipinski definition) is 4. The fourth-order valence-corrected chi connectivity index (χ4v) is 5.68. The van der Waals surface area contributed by atoms with Crippen molar-refractivity contribution >= 4 is 34.2 Å². The summed E-state index contributed by atoms with van der Waals surface area (Å²) in [5.41, 5.74) is 3.59. The molecular weight excluding hydrogens is 514 g/mol. The number of aromatic nitrogens is 1. The summed E-state index contributed by atoms with van der Waals surface area (Å²) in [6.45, 7) is 3.96. The summed E-state index contributed by atoms with van der Waals surface area (Å²) in [5.74, 6) is 0.198. The number of anilines is 1. The molecule has 1 heterocycles. The van der Waals surface area contributed by atoms with Gasteiger partial charge in [0.05, 0.1) is 13.0 Å². The number of amides is 2. The Hall–Kier alpha value is -4.39. The summed E-state index contributed by atoms with van der Waals surface area (Å²) in [6.07, 6.45) is 7.14. The SMILES string of the molecule is CCOc1ccc([C@H](C(=O)NC2CCCCC2)N(C(=O)Cc2c[nH]c3ccccc23)c2ccc(C(C)=O)cc2)cc1. The number of benzene rings is 3. The quantitative estimate of drug-likeness (QED) is 0.219. The van der Waals surface area contributed by atoms with Gasteiger partial charge in [-0.15, -0.1) is 0 Å². The standard InChI is InChI=1S/C34H37N3O4/c1-3-41-29-19-15-25(16-20-29)33(34(40)36-27-9-5-4-6-10-27)37(28-17-13-24(14-18-28)23(2)38)32(39)21-26-22-35-31-12-8-7-11-30(26)31/h7-8,11-20,22,27,33,35H,3-6,9-10,21H2,1-2H3,(H,36,40)/t33-/m1/s1. The normalized spacial score (nSPS) is 14.4. The summed E-state index contributed by atoms with van der Waals surface area (Å²) >= 11 is 0. The van der Waals surface area contributed by atoms with E-state index in [1.807, 2.05) is 61.7 Å². The Labute approximate surface area is 240 Å². The maximum absolute atomic E-state index is 14.3. The maximum Gasteiger partial charge on any atom is 0.248 e. The second-order valence-corrected chi connectivity index (χ2v) is 10.7. The topological polar surface area (TPSA) is 91.5 Å². The van der Waals surface area contributed by atoms with Crippen molar-refractivity contribution in [3.05, 3.63) is 95.7 Å². The Morgan fingerprint density at radius 3 is 2.34 bits per heavy atom. The Bertz CT molecular complexity index is 1500. The number of fused-ring (bicyclic) bond motifs is 1. The van der Waals surface area contributed by atoms with Gasteiger partial charge in [0.1, 0.15) is 11.8 Å². The summed E-state index contributed by atoms with van der Waals surface area (Å²) in [6, 6.07) is 21.3. The number of hydrogen-bond donors (Lipinski definition) is 2. The summed E-state index contributed by atoms with van der Waals surface area (Å²) in [4.78, 5) is 45.3. The molecule has 1 aromatic heterocycles. The van der Waals surface area contributed by atoms with Crippen LogP contribution in [0.1, 0.15) is 73.5 Å². The van der Waals surface area contributed by atoms with E-state index in [0.717, 1.165) is 42.1 Å². The van der Waals surface area contributed by atoms with Gasteiger partial charge in [0.15, 0.2) is 5.78 Å². The Morgan fingerprint density at radius 1 is 0.951 bits per heavy atom. The molecule has 2 amide bonds. The van der Waals surface area contributed by atoms with E-state index in [4.69, 9.17) is 4.74 Å². The van der Waals surface area contributed by atoms with Crippen molar-refractivity contribution in [2.24, 2.45) is 0 Å². The number of ketones is 1. The number of nitrogens with one attached hydrogen (secondary N) is 2. The van der Waals surface area contributed by atoms with E-state index in [2.05, 4.69) is 10.3 Å². The van der Waals surface area contributed by atoms with Gasteiger partial charge >= 0.3 is 0 Å². The molecule has 0 bridgehead atoms. The predicted octanol–water partition coefficient (Wildman–Crippen LogP) is 6.54. The predicted molar refractivity (Wildman–Crippen MR) is 161 cm³/mol. The number of ether oxygens (including phenoxy) is 1. The monoisotopic (exact) mass is 551 g/mol. The second-order valence-electron chi connectivity index (χ2n) is 10.7. The highest BCUT2D eigenvalue weighted by Gasteiger charge is 2.34. The van der Waals surface area contributed by atoms with Crippen LogP contribution < -0.4 is 15.0 Å². The number of nitrogens with zero attached hydrogens (tertiary/aromatic N) is 1. The van der Waals surface area contributed by atoms with Gasteiger partial charge in [0.25, 0.3) is 0 Å². The molecule has 1 atom stereocenters. The Balaban J connectivity index is 1.57. The molecule has 4 aromatic rings. The molecule has 0 radical (unpaired) electrons. The second kappa shape index (κ2) is 12.9. The summed E-state index contributed by atoms with van der Waals surface area (Å²) in [5, 5.41) is 4.23. The molecule has 7 nitrogen and oxygen atoms in total. The molecule has 1 aliphatic rings. The van der Waals surface area contributed by atoms with Crippen molar-refractivity contribution in [3.63, 3.8) is 0 Å². The Morgan fingerprint density at radius 2 is 1.66 bits per heavy atom. The van der Waals surface area contributed by atoms with Gasteiger partial charge in [-0.25, -0.2) is 0 Å². The first-order chi connectivity index (χ1) is 19.9. The molecule has 1 fully saturated rings. The van der Waals surface area contributed by atoms with E-state index in [1.165, 1.54) is 13.3 Å². The van der Waals surface area contributed by atoms with Crippen LogP contribution in [0.25, 0.3) is 10.9 Å². The average Bonchev–Trinajstić information content (AvgIpc) is 3.39. The molecule has 3 aromatic carbocycles. The zero-order valence-corrected chi connectivity index (χ0v) is 23.7. The van der Waals surface area contributed by atoms with Gasteiger partial charge in [0.2, 0.25) is 11.8 Å². The van der Waals surface area contributed by atoms with E-state index in [9.17, 15) is 14.4 Å². The number of carbonyl (C=O) groups is 3. The van der Waals surface area contributed by atoms with Gasteiger partial charge in [-0.05, 0) is 80.3 Å². The highest BCUT2D eigenvalue weighted by molar-refractivity contribution is 6.04. The van der Waals surface area contributed by atoms with Crippen LogP contribution in [0.5, 0.6) is 5.75 Å². The highest BCUT2D eigenvalue weighted by Crippen LogP contribution is 2.32. The first-order valence-electron chi connectivity index (χ1n) is 14.5. The molecule has 0 unspecified atom stereocenters. The van der Waals surface area contributed by atoms with Crippen molar-refractivity contribution in [2.45, 2.75) is 64.5 Å². The van der Waals surface area contributed by atoms with Gasteiger partial charge < -0.3 is 15.0 Å². The third-order valence-electron chi connectivity index (χ3n) is 7.80. The molecule has 7 heteroatoms. The van der Waals surface area contributed by atoms with Crippen LogP contribution in [-0.4, -0.2) is 35.2 Å². The molecule has 41 heavy (non-hydrogen) atoms. The molecule has 2 N–H and O–H groups in total. The molecule has 1 aliphatic carbocycles.